The van der Waals surface area contributed by atoms with Crippen LogP contribution in [0.25, 0.3) is 28.0 Å². The zero-order valence-corrected chi connectivity index (χ0v) is 29.9. The largest absolute Gasteiger partial charge is 0.490 e. The van der Waals surface area contributed by atoms with Gasteiger partial charge in [-0.3, -0.25) is 4.40 Å². The number of fused-ring (bicyclic) bond motifs is 8. The van der Waals surface area contributed by atoms with Crippen molar-refractivity contribution in [3.8, 4) is 28.1 Å². The minimum absolute atomic E-state index is 0.0459. The molecule has 9 heteroatoms. The first kappa shape index (κ1) is 34.9. The van der Waals surface area contributed by atoms with E-state index < -0.39 is 17.7 Å². The maximum absolute atomic E-state index is 14.7. The van der Waals surface area contributed by atoms with Crippen LogP contribution in [0.15, 0.2) is 48.7 Å². The number of carboxylic acid groups (broad SMARTS) is 1. The van der Waals surface area contributed by atoms with Gasteiger partial charge in [0.05, 0.1) is 23.0 Å². The lowest BCUT2D eigenvalue weighted by Gasteiger charge is -2.42. The molecule has 5 heterocycles. The van der Waals surface area contributed by atoms with Crippen LogP contribution in [0.3, 0.4) is 0 Å². The Labute approximate surface area is 289 Å². The molecule has 1 fully saturated rings. The Morgan fingerprint density at radius 3 is 2.57 bits per heavy atom. The van der Waals surface area contributed by atoms with E-state index in [1.165, 1.54) is 12.1 Å². The molecule has 4 aromatic rings. The van der Waals surface area contributed by atoms with Crippen LogP contribution < -0.4 is 9.64 Å². The Morgan fingerprint density at radius 2 is 1.88 bits per heavy atom. The van der Waals surface area contributed by atoms with E-state index in [0.717, 1.165) is 71.5 Å². The normalized spacial score (nSPS) is 21.0. The Hall–Kier alpha value is -3.95. The van der Waals surface area contributed by atoms with Crippen molar-refractivity contribution >= 4 is 17.4 Å². The number of halogens is 1. The lowest BCUT2D eigenvalue weighted by molar-refractivity contribution is -0.160. The number of hydrogen-bond acceptors (Lipinski definition) is 6. The molecule has 1 saturated heterocycles. The van der Waals surface area contributed by atoms with Crippen molar-refractivity contribution in [1.29, 1.82) is 0 Å². The van der Waals surface area contributed by atoms with Crippen molar-refractivity contribution in [3.63, 3.8) is 0 Å². The zero-order chi connectivity index (χ0) is 35.1. The first-order chi connectivity index (χ1) is 23.3. The number of aryl methyl sites for hydroxylation is 1. The number of ether oxygens (including phenoxy) is 3. The van der Waals surface area contributed by atoms with Gasteiger partial charge in [-0.05, 0) is 121 Å². The second kappa shape index (κ2) is 13.8. The van der Waals surface area contributed by atoms with Crippen LogP contribution in [0.2, 0.25) is 0 Å². The molecular formula is C40H50FN3O5. The van der Waals surface area contributed by atoms with Gasteiger partial charge in [-0.1, -0.05) is 25.1 Å². The van der Waals surface area contributed by atoms with E-state index in [-0.39, 0.29) is 17.5 Å². The molecule has 7 rings (SSSR count). The zero-order valence-electron chi connectivity index (χ0n) is 29.9. The fourth-order valence-electron chi connectivity index (χ4n) is 7.31. The lowest BCUT2D eigenvalue weighted by Crippen LogP contribution is -2.45. The third kappa shape index (κ3) is 7.33. The third-order valence-corrected chi connectivity index (χ3v) is 9.93. The van der Waals surface area contributed by atoms with Crippen molar-refractivity contribution in [2.45, 2.75) is 110 Å². The quantitative estimate of drug-likeness (QED) is 0.232. The highest BCUT2D eigenvalue weighted by molar-refractivity contribution is 5.82. The fourth-order valence-corrected chi connectivity index (χ4v) is 7.31. The number of carbonyl (C=O) groups is 1. The van der Waals surface area contributed by atoms with E-state index in [9.17, 15) is 14.3 Å². The summed E-state index contributed by atoms with van der Waals surface area (Å²) in [5.41, 5.74) is 5.45. The highest BCUT2D eigenvalue weighted by Gasteiger charge is 2.38. The van der Waals surface area contributed by atoms with Crippen LogP contribution in [0.4, 0.5) is 10.2 Å². The van der Waals surface area contributed by atoms with Gasteiger partial charge in [0, 0.05) is 42.6 Å². The average molecular weight is 672 g/mol. The summed E-state index contributed by atoms with van der Waals surface area (Å²) in [6.07, 6.45) is 5.77. The summed E-state index contributed by atoms with van der Waals surface area (Å²) in [5, 5.41) is 10.7. The Morgan fingerprint density at radius 1 is 1.14 bits per heavy atom. The topological polar surface area (TPSA) is 85.5 Å². The molecule has 8 nitrogen and oxygen atoms in total. The number of aliphatic carboxylic acids is 1. The van der Waals surface area contributed by atoms with E-state index in [4.69, 9.17) is 19.2 Å². The van der Waals surface area contributed by atoms with Gasteiger partial charge >= 0.3 is 5.97 Å². The molecule has 0 amide bonds. The summed E-state index contributed by atoms with van der Waals surface area (Å²) in [6, 6.07) is 12.6. The monoisotopic (exact) mass is 671 g/mol. The van der Waals surface area contributed by atoms with Crippen LogP contribution in [0.1, 0.15) is 96.4 Å². The number of piperidine rings is 1. The molecule has 0 spiro atoms. The van der Waals surface area contributed by atoms with E-state index in [1.807, 2.05) is 58.2 Å². The summed E-state index contributed by atoms with van der Waals surface area (Å²) in [4.78, 5) is 20.5. The van der Waals surface area contributed by atoms with Crippen LogP contribution in [-0.4, -0.2) is 57.5 Å². The predicted octanol–water partition coefficient (Wildman–Crippen LogP) is 8.95. The summed E-state index contributed by atoms with van der Waals surface area (Å²) in [6.45, 7) is 16.0. The van der Waals surface area contributed by atoms with Crippen molar-refractivity contribution < 1.29 is 28.5 Å². The van der Waals surface area contributed by atoms with Crippen LogP contribution >= 0.6 is 0 Å². The highest BCUT2D eigenvalue weighted by Crippen LogP contribution is 2.42. The van der Waals surface area contributed by atoms with Crippen LogP contribution in [0, 0.1) is 12.7 Å². The number of carboxylic acids is 1. The number of benzene rings is 2. The molecule has 0 saturated carbocycles. The van der Waals surface area contributed by atoms with E-state index >= 15 is 0 Å². The molecule has 2 aromatic carbocycles. The minimum Gasteiger partial charge on any atom is -0.490 e. The van der Waals surface area contributed by atoms with Crippen molar-refractivity contribution in [3.05, 3.63) is 71.2 Å². The molecule has 3 aliphatic rings. The second-order valence-corrected chi connectivity index (χ2v) is 14.9. The number of nitrogens with zero attached hydrogens (tertiary/aromatic N) is 3. The molecular weight excluding hydrogens is 621 g/mol. The van der Waals surface area contributed by atoms with Crippen molar-refractivity contribution in [2.75, 3.05) is 24.6 Å². The van der Waals surface area contributed by atoms with Gasteiger partial charge in [-0.15, -0.1) is 0 Å². The third-order valence-electron chi connectivity index (χ3n) is 9.93. The predicted molar refractivity (Wildman–Crippen MR) is 191 cm³/mol. The molecule has 262 valence electrons. The number of hydrogen-bond donors (Lipinski definition) is 1. The number of imidazole rings is 1. The van der Waals surface area contributed by atoms with Gasteiger partial charge < -0.3 is 24.2 Å². The Balaban J connectivity index is 1.58. The summed E-state index contributed by atoms with van der Waals surface area (Å²) < 4.78 is 36.0. The molecule has 0 radical (unpaired) electrons. The first-order valence-electron chi connectivity index (χ1n) is 17.7. The van der Waals surface area contributed by atoms with Crippen LogP contribution in [-0.2, 0) is 20.7 Å². The number of pyridine rings is 1. The molecule has 1 N–H and O–H groups in total. The molecule has 2 aromatic heterocycles. The molecule has 0 unspecified atom stereocenters. The van der Waals surface area contributed by atoms with E-state index in [1.54, 1.807) is 6.07 Å². The SMILES string of the molecule is CCc1c(C)c([C@H](OC(C)(C)C)C(=O)O)c2n3cc(nc13)-c1cccc(c1)-c1cc(F)ccc1O[C@H](C)CCCCOC1(C)CCN2CC1. The maximum Gasteiger partial charge on any atom is 0.337 e. The van der Waals surface area contributed by atoms with Gasteiger partial charge in [-0.25, -0.2) is 14.2 Å². The van der Waals surface area contributed by atoms with E-state index in [2.05, 4.69) is 30.1 Å². The van der Waals surface area contributed by atoms with Gasteiger partial charge in [0.15, 0.2) is 6.10 Å². The van der Waals surface area contributed by atoms with Crippen molar-refractivity contribution in [1.82, 2.24) is 9.38 Å². The number of rotatable bonds is 4. The molecule has 2 atom stereocenters. The first-order valence-corrected chi connectivity index (χ1v) is 17.7. The minimum atomic E-state index is -1.18. The van der Waals surface area contributed by atoms with Crippen molar-refractivity contribution in [2.24, 2.45) is 0 Å². The van der Waals surface area contributed by atoms with Gasteiger partial charge in [-0.2, -0.15) is 0 Å². The van der Waals surface area contributed by atoms with Crippen LogP contribution in [0.5, 0.6) is 5.75 Å². The molecule has 49 heavy (non-hydrogen) atoms. The maximum atomic E-state index is 14.7. The molecule has 3 aliphatic heterocycles. The highest BCUT2D eigenvalue weighted by atomic mass is 19.1. The standard InChI is InChI=1S/C40H50FN3O5/c1-8-30-26(3)34(35(38(45)46)49-39(4,5)6)37-43-19-17-40(7,18-20-43)47-21-10-9-12-25(2)48-33-16-15-29(41)23-31(33)27-13-11-14-28(22-27)32-24-44(37)36(30)42-32/h11,13-16,22-25,35H,8-10,12,17-21H2,1-7H3,(H,45,46)/t25-,35+/m1/s1. The summed E-state index contributed by atoms with van der Waals surface area (Å²) in [7, 11) is 0. The molecule has 6 bridgehead atoms. The van der Waals surface area contributed by atoms with Gasteiger partial charge in [0.1, 0.15) is 23.0 Å². The van der Waals surface area contributed by atoms with E-state index in [0.29, 0.717) is 43.0 Å². The average Bonchev–Trinajstić information content (AvgIpc) is 3.48. The summed E-state index contributed by atoms with van der Waals surface area (Å²) >= 11 is 0. The number of anilines is 1. The second-order valence-electron chi connectivity index (χ2n) is 14.9. The lowest BCUT2D eigenvalue weighted by atomic mass is 9.91. The van der Waals surface area contributed by atoms with Gasteiger partial charge in [0.25, 0.3) is 0 Å². The smallest absolute Gasteiger partial charge is 0.337 e. The van der Waals surface area contributed by atoms with Gasteiger partial charge in [0.2, 0.25) is 0 Å². The Bertz CT molecular complexity index is 1840. The Kier molecular flexibility index (Phi) is 9.79. The number of aromatic nitrogens is 2. The fraction of sp³-hybridized carbons (Fsp3) is 0.500. The summed E-state index contributed by atoms with van der Waals surface area (Å²) in [5.74, 6) is 0.0760. The molecule has 0 aliphatic carbocycles.